The zero-order valence-corrected chi connectivity index (χ0v) is 17.7. The maximum absolute atomic E-state index is 12.9. The van der Waals surface area contributed by atoms with Crippen molar-refractivity contribution < 1.29 is 29.3 Å². The number of ketones is 1. The molecule has 1 aliphatic heterocycles. The Morgan fingerprint density at radius 1 is 1.03 bits per heavy atom. The van der Waals surface area contributed by atoms with Gasteiger partial charge in [-0.2, -0.15) is 0 Å². The van der Waals surface area contributed by atoms with Crippen LogP contribution < -0.4 is 0 Å². The SMILES string of the molecule is COC(=O)c1ccc(CN2C(=O)C(O)=C(C(=O)CC(C)C)C2c2ccc(O)cc2)cc1. The second-order valence-corrected chi connectivity index (χ2v) is 7.90. The molecule has 0 spiro atoms. The molecule has 1 atom stereocenters. The Morgan fingerprint density at radius 2 is 1.65 bits per heavy atom. The fourth-order valence-corrected chi connectivity index (χ4v) is 3.65. The van der Waals surface area contributed by atoms with Gasteiger partial charge >= 0.3 is 5.97 Å². The van der Waals surface area contributed by atoms with Crippen molar-refractivity contribution in [3.8, 4) is 5.75 Å². The number of phenolic OH excluding ortho intramolecular Hbond substituents is 1. The zero-order chi connectivity index (χ0) is 22.7. The first kappa shape index (κ1) is 22.1. The number of benzene rings is 2. The predicted molar refractivity (Wildman–Crippen MR) is 113 cm³/mol. The average molecular weight is 423 g/mol. The van der Waals surface area contributed by atoms with Gasteiger partial charge < -0.3 is 19.8 Å². The third kappa shape index (κ3) is 4.60. The maximum Gasteiger partial charge on any atom is 0.337 e. The number of esters is 1. The topological polar surface area (TPSA) is 104 Å². The first-order valence-electron chi connectivity index (χ1n) is 9.96. The lowest BCUT2D eigenvalue weighted by atomic mass is 9.92. The van der Waals surface area contributed by atoms with Gasteiger partial charge in [-0.05, 0) is 41.3 Å². The van der Waals surface area contributed by atoms with E-state index in [-0.39, 0.29) is 36.0 Å². The minimum absolute atomic E-state index is 0.0567. The van der Waals surface area contributed by atoms with Gasteiger partial charge in [-0.25, -0.2) is 4.79 Å². The van der Waals surface area contributed by atoms with Crippen molar-refractivity contribution in [3.05, 3.63) is 76.6 Å². The van der Waals surface area contributed by atoms with Crippen molar-refractivity contribution >= 4 is 17.7 Å². The summed E-state index contributed by atoms with van der Waals surface area (Å²) in [5, 5.41) is 20.2. The summed E-state index contributed by atoms with van der Waals surface area (Å²) in [4.78, 5) is 38.9. The fraction of sp³-hybridized carbons (Fsp3) is 0.292. The average Bonchev–Trinajstić information content (AvgIpc) is 2.99. The Bertz CT molecular complexity index is 1020. The lowest BCUT2D eigenvalue weighted by Crippen LogP contribution is -2.30. The number of hydrogen-bond donors (Lipinski definition) is 2. The third-order valence-corrected chi connectivity index (χ3v) is 5.13. The summed E-state index contributed by atoms with van der Waals surface area (Å²) in [5.74, 6) is -1.82. The molecule has 3 rings (SSSR count). The molecule has 2 aromatic rings. The van der Waals surface area contributed by atoms with Crippen LogP contribution in [0.25, 0.3) is 0 Å². The van der Waals surface area contributed by atoms with Gasteiger partial charge in [0.1, 0.15) is 5.75 Å². The first-order chi connectivity index (χ1) is 14.7. The molecule has 7 heteroatoms. The number of hydrogen-bond acceptors (Lipinski definition) is 6. The van der Waals surface area contributed by atoms with Gasteiger partial charge in [-0.3, -0.25) is 9.59 Å². The summed E-state index contributed by atoms with van der Waals surface area (Å²) in [6.45, 7) is 3.90. The number of methoxy groups -OCH3 is 1. The highest BCUT2D eigenvalue weighted by Crippen LogP contribution is 2.40. The van der Waals surface area contributed by atoms with Crippen molar-refractivity contribution in [2.24, 2.45) is 5.92 Å². The quantitative estimate of drug-likeness (QED) is 0.658. The maximum atomic E-state index is 12.9. The van der Waals surface area contributed by atoms with Crippen LogP contribution in [0.15, 0.2) is 59.9 Å². The number of carbonyl (C=O) groups excluding carboxylic acids is 3. The number of rotatable bonds is 7. The number of aliphatic hydroxyl groups is 1. The van der Waals surface area contributed by atoms with Crippen molar-refractivity contribution in [2.75, 3.05) is 7.11 Å². The molecule has 2 aromatic carbocycles. The van der Waals surface area contributed by atoms with Crippen molar-refractivity contribution in [1.29, 1.82) is 0 Å². The van der Waals surface area contributed by atoms with Crippen LogP contribution in [-0.2, 0) is 20.9 Å². The molecular formula is C24H25NO6. The van der Waals surface area contributed by atoms with E-state index in [0.717, 1.165) is 5.56 Å². The molecule has 2 N–H and O–H groups in total. The van der Waals surface area contributed by atoms with Gasteiger partial charge in [0.2, 0.25) is 0 Å². The minimum atomic E-state index is -0.778. The molecule has 7 nitrogen and oxygen atoms in total. The van der Waals surface area contributed by atoms with Gasteiger partial charge in [0.15, 0.2) is 11.5 Å². The number of carbonyl (C=O) groups is 3. The van der Waals surface area contributed by atoms with E-state index in [1.165, 1.54) is 24.1 Å². The van der Waals surface area contributed by atoms with Gasteiger partial charge in [0.05, 0.1) is 24.3 Å². The van der Waals surface area contributed by atoms with Gasteiger partial charge in [-0.15, -0.1) is 0 Å². The molecule has 0 fully saturated rings. The normalized spacial score (nSPS) is 16.2. The van der Waals surface area contributed by atoms with Crippen LogP contribution in [0.3, 0.4) is 0 Å². The predicted octanol–water partition coefficient (Wildman–Crippen LogP) is 3.69. The highest BCUT2D eigenvalue weighted by Gasteiger charge is 2.43. The van der Waals surface area contributed by atoms with Crippen molar-refractivity contribution in [3.63, 3.8) is 0 Å². The van der Waals surface area contributed by atoms with E-state index < -0.39 is 23.7 Å². The molecule has 0 saturated heterocycles. The summed E-state index contributed by atoms with van der Waals surface area (Å²) >= 11 is 0. The van der Waals surface area contributed by atoms with Crippen molar-refractivity contribution in [2.45, 2.75) is 32.9 Å². The first-order valence-corrected chi connectivity index (χ1v) is 9.96. The van der Waals surface area contributed by atoms with Crippen LogP contribution in [0.1, 0.15) is 47.8 Å². The molecule has 0 radical (unpaired) electrons. The number of ether oxygens (including phenoxy) is 1. The van der Waals surface area contributed by atoms with Crippen LogP contribution in [-0.4, -0.2) is 39.9 Å². The summed E-state index contributed by atoms with van der Waals surface area (Å²) < 4.78 is 4.70. The third-order valence-electron chi connectivity index (χ3n) is 5.13. The monoisotopic (exact) mass is 423 g/mol. The van der Waals surface area contributed by atoms with E-state index in [2.05, 4.69) is 0 Å². The van der Waals surface area contributed by atoms with Crippen LogP contribution >= 0.6 is 0 Å². The summed E-state index contributed by atoms with van der Waals surface area (Å²) in [7, 11) is 1.30. The summed E-state index contributed by atoms with van der Waals surface area (Å²) in [6, 6.07) is 12.0. The standard InChI is InChI=1S/C24H25NO6/c1-14(2)12-19(27)20-21(16-8-10-18(26)11-9-16)25(23(29)22(20)28)13-15-4-6-17(7-5-15)24(30)31-3/h4-11,14,21,26,28H,12-13H2,1-3H3. The summed E-state index contributed by atoms with van der Waals surface area (Å²) in [5.41, 5.74) is 1.77. The Hall–Kier alpha value is -3.61. The van der Waals surface area contributed by atoms with E-state index in [9.17, 15) is 24.6 Å². The Labute approximate surface area is 180 Å². The largest absolute Gasteiger partial charge is 0.508 e. The lowest BCUT2D eigenvalue weighted by molar-refractivity contribution is -0.130. The molecule has 0 saturated carbocycles. The van der Waals surface area contributed by atoms with Gasteiger partial charge in [-0.1, -0.05) is 38.1 Å². The van der Waals surface area contributed by atoms with E-state index in [0.29, 0.717) is 11.1 Å². The van der Waals surface area contributed by atoms with Crippen molar-refractivity contribution in [1.82, 2.24) is 4.90 Å². The highest BCUT2D eigenvalue weighted by molar-refractivity contribution is 6.09. The van der Waals surface area contributed by atoms with E-state index in [4.69, 9.17) is 4.74 Å². The number of aliphatic hydroxyl groups excluding tert-OH is 1. The lowest BCUT2D eigenvalue weighted by Gasteiger charge is -2.27. The molecule has 162 valence electrons. The van der Waals surface area contributed by atoms with Crippen LogP contribution in [0.4, 0.5) is 0 Å². The van der Waals surface area contributed by atoms with E-state index in [1.54, 1.807) is 36.4 Å². The molecule has 1 unspecified atom stereocenters. The molecule has 0 aromatic heterocycles. The Kier molecular flexibility index (Phi) is 6.44. The van der Waals surface area contributed by atoms with E-state index >= 15 is 0 Å². The highest BCUT2D eigenvalue weighted by atomic mass is 16.5. The molecule has 0 bridgehead atoms. The van der Waals surface area contributed by atoms with Gasteiger partial charge in [0, 0.05) is 13.0 Å². The molecule has 1 amide bonds. The number of nitrogens with zero attached hydrogens (tertiary/aromatic N) is 1. The Balaban J connectivity index is 1.98. The Morgan fingerprint density at radius 3 is 2.19 bits per heavy atom. The smallest absolute Gasteiger partial charge is 0.337 e. The molecule has 1 heterocycles. The zero-order valence-electron chi connectivity index (χ0n) is 17.7. The fourth-order valence-electron chi connectivity index (χ4n) is 3.65. The number of aromatic hydroxyl groups is 1. The van der Waals surface area contributed by atoms with Crippen LogP contribution in [0.5, 0.6) is 5.75 Å². The molecule has 31 heavy (non-hydrogen) atoms. The number of phenols is 1. The number of Topliss-reactive ketones (excluding diaryl/α,β-unsaturated/α-hetero) is 1. The minimum Gasteiger partial charge on any atom is -0.508 e. The number of amides is 1. The van der Waals surface area contributed by atoms with Gasteiger partial charge in [0.25, 0.3) is 5.91 Å². The molecule has 1 aliphatic rings. The second kappa shape index (κ2) is 9.04. The molecule has 0 aliphatic carbocycles. The van der Waals surface area contributed by atoms with Crippen LogP contribution in [0.2, 0.25) is 0 Å². The van der Waals surface area contributed by atoms with Crippen LogP contribution in [0, 0.1) is 5.92 Å². The van der Waals surface area contributed by atoms with E-state index in [1.807, 2.05) is 13.8 Å². The second-order valence-electron chi connectivity index (χ2n) is 7.90. The molecular weight excluding hydrogens is 398 g/mol. The summed E-state index contributed by atoms with van der Waals surface area (Å²) in [6.07, 6.45) is 0.197.